The number of allylic oxidation sites excluding steroid dienone is 1. The van der Waals surface area contributed by atoms with Crippen LogP contribution in [0.3, 0.4) is 0 Å². The van der Waals surface area contributed by atoms with E-state index in [4.69, 9.17) is 0 Å². The lowest BCUT2D eigenvalue weighted by atomic mass is 9.99. The first kappa shape index (κ1) is 9.74. The number of rotatable bonds is 6. The summed E-state index contributed by atoms with van der Waals surface area (Å²) in [6, 6.07) is 0. The highest BCUT2D eigenvalue weighted by atomic mass is 14.0. The fourth-order valence-electron chi connectivity index (χ4n) is 1.10. The fraction of sp³-hybridized carbons (Fsp3) is 0.800. The molecule has 0 saturated heterocycles. The lowest BCUT2D eigenvalue weighted by molar-refractivity contribution is 0.476. The average molecular weight is 140 g/mol. The number of unbranched alkanes of at least 4 members (excludes halogenated alkanes) is 1. The molecule has 0 unspecified atom stereocenters. The minimum absolute atomic E-state index is 0.901. The summed E-state index contributed by atoms with van der Waals surface area (Å²) in [5, 5.41) is 0. The second-order valence-electron chi connectivity index (χ2n) is 3.11. The van der Waals surface area contributed by atoms with Crippen LogP contribution in [-0.4, -0.2) is 0 Å². The molecule has 0 heteroatoms. The minimum atomic E-state index is 0.901. The lowest BCUT2D eigenvalue weighted by Gasteiger charge is -2.07. The summed E-state index contributed by atoms with van der Waals surface area (Å²) in [7, 11) is 0. The average Bonchev–Trinajstić information content (AvgIpc) is 1.97. The van der Waals surface area contributed by atoms with Crippen molar-refractivity contribution < 1.29 is 0 Å². The molecule has 0 amide bonds. The van der Waals surface area contributed by atoms with Crippen LogP contribution >= 0.6 is 0 Å². The summed E-state index contributed by atoms with van der Waals surface area (Å²) < 4.78 is 0. The third-order valence-corrected chi connectivity index (χ3v) is 1.91. The van der Waals surface area contributed by atoms with Gasteiger partial charge in [0.1, 0.15) is 0 Å². The molecule has 1 atom stereocenters. The third-order valence-electron chi connectivity index (χ3n) is 1.91. The number of hydrogen-bond acceptors (Lipinski definition) is 0. The zero-order valence-corrected chi connectivity index (χ0v) is 7.40. The van der Waals surface area contributed by atoms with Crippen LogP contribution < -0.4 is 0 Å². The molecule has 0 fully saturated rings. The van der Waals surface area contributed by atoms with Crippen molar-refractivity contribution in [1.29, 1.82) is 0 Å². The first-order chi connectivity index (χ1) is 4.81. The Morgan fingerprint density at radius 1 is 1.40 bits per heavy atom. The zero-order chi connectivity index (χ0) is 7.82. The molecule has 0 aromatic carbocycles. The largest absolute Gasteiger partial charge is 0.103 e. The van der Waals surface area contributed by atoms with Crippen LogP contribution in [0.15, 0.2) is 12.7 Å². The highest BCUT2D eigenvalue weighted by Gasteiger charge is 1.98. The van der Waals surface area contributed by atoms with Gasteiger partial charge in [0.2, 0.25) is 0 Å². The first-order valence-electron chi connectivity index (χ1n) is 4.42. The Labute approximate surface area is 65.3 Å². The Balaban J connectivity index is 3.07. The van der Waals surface area contributed by atoms with Crippen molar-refractivity contribution in [3.05, 3.63) is 12.7 Å². The zero-order valence-electron chi connectivity index (χ0n) is 7.40. The van der Waals surface area contributed by atoms with Crippen LogP contribution in [0, 0.1) is 5.92 Å². The monoisotopic (exact) mass is 140 g/mol. The van der Waals surface area contributed by atoms with E-state index in [0.717, 1.165) is 5.92 Å². The second-order valence-corrected chi connectivity index (χ2v) is 3.11. The highest BCUT2D eigenvalue weighted by Crippen LogP contribution is 2.13. The van der Waals surface area contributed by atoms with Crippen molar-refractivity contribution >= 4 is 0 Å². The topological polar surface area (TPSA) is 0 Å². The van der Waals surface area contributed by atoms with Crippen molar-refractivity contribution in [3.63, 3.8) is 0 Å². The Morgan fingerprint density at radius 2 is 2.10 bits per heavy atom. The van der Waals surface area contributed by atoms with Gasteiger partial charge in [-0.05, 0) is 18.8 Å². The Hall–Kier alpha value is -0.260. The maximum absolute atomic E-state index is 3.71. The first-order valence-corrected chi connectivity index (χ1v) is 4.42. The summed E-state index contributed by atoms with van der Waals surface area (Å²) in [6.45, 7) is 8.30. The van der Waals surface area contributed by atoms with Crippen molar-refractivity contribution in [2.75, 3.05) is 0 Å². The van der Waals surface area contributed by atoms with Crippen molar-refractivity contribution in [3.8, 4) is 0 Å². The molecule has 0 saturated carbocycles. The van der Waals surface area contributed by atoms with E-state index in [0.29, 0.717) is 0 Å². The molecule has 0 aliphatic carbocycles. The molecule has 0 aromatic rings. The van der Waals surface area contributed by atoms with E-state index in [1.165, 1.54) is 32.1 Å². The van der Waals surface area contributed by atoms with Crippen LogP contribution in [0.25, 0.3) is 0 Å². The van der Waals surface area contributed by atoms with E-state index in [1.54, 1.807) is 0 Å². The van der Waals surface area contributed by atoms with Crippen LogP contribution in [0.1, 0.15) is 46.0 Å². The van der Waals surface area contributed by atoms with Gasteiger partial charge in [-0.15, -0.1) is 6.58 Å². The van der Waals surface area contributed by atoms with Gasteiger partial charge in [0.05, 0.1) is 0 Å². The molecular formula is C10H20. The molecule has 60 valence electrons. The fourth-order valence-corrected chi connectivity index (χ4v) is 1.10. The Morgan fingerprint density at radius 3 is 2.60 bits per heavy atom. The highest BCUT2D eigenvalue weighted by molar-refractivity contribution is 4.67. The Kier molecular flexibility index (Phi) is 6.68. The van der Waals surface area contributed by atoms with E-state index in [2.05, 4.69) is 20.4 Å². The van der Waals surface area contributed by atoms with Gasteiger partial charge in [0.25, 0.3) is 0 Å². The number of hydrogen-bond donors (Lipinski definition) is 0. The van der Waals surface area contributed by atoms with Gasteiger partial charge < -0.3 is 0 Å². The second kappa shape index (κ2) is 6.85. The van der Waals surface area contributed by atoms with Crippen LogP contribution in [-0.2, 0) is 0 Å². The minimum Gasteiger partial charge on any atom is -0.103 e. The molecule has 0 rings (SSSR count). The normalized spacial score (nSPS) is 13.0. The van der Waals surface area contributed by atoms with E-state index < -0.39 is 0 Å². The van der Waals surface area contributed by atoms with E-state index >= 15 is 0 Å². The molecule has 0 spiro atoms. The van der Waals surface area contributed by atoms with Crippen LogP contribution in [0.2, 0.25) is 0 Å². The van der Waals surface area contributed by atoms with Crippen LogP contribution in [0.4, 0.5) is 0 Å². The van der Waals surface area contributed by atoms with Crippen molar-refractivity contribution in [2.24, 2.45) is 5.92 Å². The van der Waals surface area contributed by atoms with Gasteiger partial charge in [-0.2, -0.15) is 0 Å². The molecule has 0 aromatic heterocycles. The molecule has 0 radical (unpaired) electrons. The van der Waals surface area contributed by atoms with Gasteiger partial charge >= 0.3 is 0 Å². The molecule has 0 nitrogen and oxygen atoms in total. The van der Waals surface area contributed by atoms with E-state index in [1.807, 2.05) is 6.08 Å². The third kappa shape index (κ3) is 5.87. The summed E-state index contributed by atoms with van der Waals surface area (Å²) in [6.07, 6.45) is 8.64. The molecule has 0 N–H and O–H groups in total. The van der Waals surface area contributed by atoms with Gasteiger partial charge in [-0.3, -0.25) is 0 Å². The van der Waals surface area contributed by atoms with Gasteiger partial charge in [-0.1, -0.05) is 39.2 Å². The SMILES string of the molecule is C=CCC[C@@H](C)CCCC. The maximum Gasteiger partial charge on any atom is -0.0351 e. The molecule has 0 heterocycles. The summed E-state index contributed by atoms with van der Waals surface area (Å²) in [4.78, 5) is 0. The predicted octanol–water partition coefficient (Wildman–Crippen LogP) is 3.78. The summed E-state index contributed by atoms with van der Waals surface area (Å²) >= 11 is 0. The maximum atomic E-state index is 3.71. The van der Waals surface area contributed by atoms with E-state index in [-0.39, 0.29) is 0 Å². The summed E-state index contributed by atoms with van der Waals surface area (Å²) in [5.41, 5.74) is 0. The molecule has 0 aliphatic heterocycles. The summed E-state index contributed by atoms with van der Waals surface area (Å²) in [5.74, 6) is 0.901. The standard InChI is InChI=1S/C10H20/c1-4-6-8-10(3)9-7-5-2/h4,10H,1,5-9H2,2-3H3/t10-/m1/s1. The van der Waals surface area contributed by atoms with Crippen molar-refractivity contribution in [2.45, 2.75) is 46.0 Å². The quantitative estimate of drug-likeness (QED) is 0.492. The van der Waals surface area contributed by atoms with Crippen molar-refractivity contribution in [1.82, 2.24) is 0 Å². The van der Waals surface area contributed by atoms with Gasteiger partial charge in [-0.25, -0.2) is 0 Å². The smallest absolute Gasteiger partial charge is 0.0351 e. The molecular weight excluding hydrogens is 120 g/mol. The van der Waals surface area contributed by atoms with Gasteiger partial charge in [0, 0.05) is 0 Å². The predicted molar refractivity (Wildman–Crippen MR) is 48.1 cm³/mol. The molecule has 0 bridgehead atoms. The Bertz CT molecular complexity index is 74.1. The van der Waals surface area contributed by atoms with Gasteiger partial charge in [0.15, 0.2) is 0 Å². The van der Waals surface area contributed by atoms with E-state index in [9.17, 15) is 0 Å². The molecule has 0 aliphatic rings. The lowest BCUT2D eigenvalue weighted by Crippen LogP contribution is -1.92. The van der Waals surface area contributed by atoms with Crippen LogP contribution in [0.5, 0.6) is 0 Å². The molecule has 10 heavy (non-hydrogen) atoms.